The van der Waals surface area contributed by atoms with Gasteiger partial charge in [-0.1, -0.05) is 27.2 Å². The zero-order valence-corrected chi connectivity index (χ0v) is 19.5. The average molecular weight is 441 g/mol. The van der Waals surface area contributed by atoms with Crippen LogP contribution in [-0.2, 0) is 16.6 Å². The van der Waals surface area contributed by atoms with Crippen molar-refractivity contribution in [3.63, 3.8) is 0 Å². The van der Waals surface area contributed by atoms with Crippen molar-refractivity contribution in [2.75, 3.05) is 11.9 Å². The minimum atomic E-state index is -0.870. The van der Waals surface area contributed by atoms with Gasteiger partial charge in [0.2, 0.25) is 5.91 Å². The number of aryl methyl sites for hydroxylation is 2. The Morgan fingerprint density at radius 1 is 1.31 bits per heavy atom. The van der Waals surface area contributed by atoms with Crippen LogP contribution in [0.4, 0.5) is 10.5 Å². The highest BCUT2D eigenvalue weighted by molar-refractivity contribution is 6.10. The number of carbonyl (C=O) groups excluding carboxylic acids is 3. The molecule has 0 atom stereocenters. The number of rotatable bonds is 5. The summed E-state index contributed by atoms with van der Waals surface area (Å²) in [7, 11) is 1.81. The number of imide groups is 1. The Labute approximate surface area is 187 Å². The Balaban J connectivity index is 1.42. The highest BCUT2D eigenvalue weighted by Crippen LogP contribution is 2.45. The molecule has 0 radical (unpaired) electrons. The first kappa shape index (κ1) is 22.2. The zero-order chi connectivity index (χ0) is 23.3. The molecular formula is C23H32N6O3. The van der Waals surface area contributed by atoms with Crippen molar-refractivity contribution in [3.8, 4) is 0 Å². The number of hydrogen-bond acceptors (Lipinski definition) is 5. The number of amides is 4. The first-order valence-corrected chi connectivity index (χ1v) is 11.3. The Kier molecular flexibility index (Phi) is 5.46. The first-order valence-electron chi connectivity index (χ1n) is 11.3. The third kappa shape index (κ3) is 3.73. The lowest BCUT2D eigenvalue weighted by Crippen LogP contribution is -2.51. The van der Waals surface area contributed by atoms with Gasteiger partial charge in [-0.25, -0.2) is 9.78 Å². The van der Waals surface area contributed by atoms with Crippen molar-refractivity contribution in [3.05, 3.63) is 18.0 Å². The summed E-state index contributed by atoms with van der Waals surface area (Å²) in [6.07, 6.45) is 5.64. The molecule has 2 N–H and O–H groups in total. The minimum Gasteiger partial charge on any atom is -0.323 e. The number of pyridine rings is 1. The van der Waals surface area contributed by atoms with E-state index in [1.165, 1.54) is 0 Å². The summed E-state index contributed by atoms with van der Waals surface area (Å²) in [6, 6.07) is 1.31. The van der Waals surface area contributed by atoms with E-state index in [2.05, 4.69) is 41.5 Å². The molecule has 1 aliphatic heterocycles. The molecule has 2 aromatic heterocycles. The average Bonchev–Trinajstić information content (AvgIpc) is 3.15. The van der Waals surface area contributed by atoms with Gasteiger partial charge in [-0.15, -0.1) is 0 Å². The smallest absolute Gasteiger partial charge is 0.323 e. The van der Waals surface area contributed by atoms with E-state index in [9.17, 15) is 14.4 Å². The van der Waals surface area contributed by atoms with Gasteiger partial charge in [0.1, 0.15) is 12.1 Å². The van der Waals surface area contributed by atoms with E-state index in [-0.39, 0.29) is 17.9 Å². The lowest BCUT2D eigenvalue weighted by atomic mass is 9.65. The van der Waals surface area contributed by atoms with Crippen LogP contribution in [-0.4, -0.2) is 49.6 Å². The molecule has 3 heterocycles. The second-order valence-corrected chi connectivity index (χ2v) is 9.87. The van der Waals surface area contributed by atoms with Gasteiger partial charge in [0.05, 0.1) is 17.6 Å². The van der Waals surface area contributed by atoms with Crippen LogP contribution in [0.1, 0.15) is 58.6 Å². The molecule has 9 nitrogen and oxygen atoms in total. The van der Waals surface area contributed by atoms with E-state index in [0.717, 1.165) is 40.9 Å². The first-order chi connectivity index (χ1) is 15.1. The van der Waals surface area contributed by atoms with Crippen molar-refractivity contribution in [2.45, 2.75) is 65.3 Å². The molecule has 1 aliphatic carbocycles. The Bertz CT molecular complexity index is 1080. The van der Waals surface area contributed by atoms with Crippen LogP contribution in [0.2, 0.25) is 0 Å². The normalized spacial score (nSPS) is 23.8. The van der Waals surface area contributed by atoms with E-state index in [1.54, 1.807) is 16.9 Å². The summed E-state index contributed by atoms with van der Waals surface area (Å²) >= 11 is 0. The highest BCUT2D eigenvalue weighted by Gasteiger charge is 2.53. The molecule has 2 fully saturated rings. The van der Waals surface area contributed by atoms with Gasteiger partial charge in [-0.05, 0) is 50.0 Å². The van der Waals surface area contributed by atoms with E-state index in [1.807, 2.05) is 14.0 Å². The maximum Gasteiger partial charge on any atom is 0.325 e. The Morgan fingerprint density at radius 3 is 2.66 bits per heavy atom. The second-order valence-electron chi connectivity index (χ2n) is 9.87. The van der Waals surface area contributed by atoms with Crippen LogP contribution >= 0.6 is 0 Å². The molecule has 0 aromatic carbocycles. The zero-order valence-electron chi connectivity index (χ0n) is 19.5. The quantitative estimate of drug-likeness (QED) is 0.694. The van der Waals surface area contributed by atoms with Crippen LogP contribution in [0.15, 0.2) is 12.3 Å². The number of carbonyl (C=O) groups is 3. The number of anilines is 1. The van der Waals surface area contributed by atoms with Gasteiger partial charge in [0.15, 0.2) is 5.65 Å². The van der Waals surface area contributed by atoms with E-state index < -0.39 is 17.5 Å². The number of nitrogens with one attached hydrogen (secondary N) is 2. The minimum absolute atomic E-state index is 0.217. The van der Waals surface area contributed by atoms with Crippen molar-refractivity contribution >= 4 is 34.6 Å². The summed E-state index contributed by atoms with van der Waals surface area (Å²) in [5.41, 5.74) is 1.38. The van der Waals surface area contributed by atoms with Crippen molar-refractivity contribution < 1.29 is 14.4 Å². The second kappa shape index (κ2) is 7.86. The molecule has 172 valence electrons. The summed E-state index contributed by atoms with van der Waals surface area (Å²) in [5.74, 6) is -0.199. The summed E-state index contributed by atoms with van der Waals surface area (Å²) < 4.78 is 1.68. The van der Waals surface area contributed by atoms with Gasteiger partial charge >= 0.3 is 6.03 Å². The topological polar surface area (TPSA) is 109 Å². The predicted molar refractivity (Wildman–Crippen MR) is 121 cm³/mol. The highest BCUT2D eigenvalue weighted by atomic mass is 16.2. The third-order valence-corrected chi connectivity index (χ3v) is 7.55. The van der Waals surface area contributed by atoms with Gasteiger partial charge in [-0.3, -0.25) is 19.2 Å². The van der Waals surface area contributed by atoms with Crippen LogP contribution < -0.4 is 10.6 Å². The number of urea groups is 1. The van der Waals surface area contributed by atoms with Crippen LogP contribution in [0.25, 0.3) is 11.0 Å². The number of nitrogens with zero attached hydrogens (tertiary/aromatic N) is 4. The standard InChI is InChI=1S/C23H32N6O3/c1-6-22(3,4)15-7-9-23(10-8-15)20(31)29(21(32)26-23)13-18(30)25-16-11-17-14(2)27-28(5)19(17)24-12-16/h11-12,15H,6-10,13H2,1-5H3,(H,25,30)(H,26,32). The van der Waals surface area contributed by atoms with Crippen LogP contribution in [0, 0.1) is 18.3 Å². The molecule has 2 aliphatic rings. The maximum absolute atomic E-state index is 13.2. The monoisotopic (exact) mass is 440 g/mol. The summed E-state index contributed by atoms with van der Waals surface area (Å²) in [6.45, 7) is 8.27. The largest absolute Gasteiger partial charge is 0.325 e. The van der Waals surface area contributed by atoms with Gasteiger partial charge in [0.25, 0.3) is 5.91 Å². The maximum atomic E-state index is 13.2. The molecule has 4 amide bonds. The lowest BCUT2D eigenvalue weighted by Gasteiger charge is -2.42. The molecule has 0 unspecified atom stereocenters. The molecule has 1 spiro atoms. The Hall–Kier alpha value is -2.97. The Morgan fingerprint density at radius 2 is 2.00 bits per heavy atom. The lowest BCUT2D eigenvalue weighted by molar-refractivity contribution is -0.135. The van der Waals surface area contributed by atoms with E-state index in [0.29, 0.717) is 24.4 Å². The van der Waals surface area contributed by atoms with Crippen molar-refractivity contribution in [2.24, 2.45) is 18.4 Å². The fraction of sp³-hybridized carbons (Fsp3) is 0.609. The molecule has 0 bridgehead atoms. The predicted octanol–water partition coefficient (Wildman–Crippen LogP) is 3.13. The number of aromatic nitrogens is 3. The van der Waals surface area contributed by atoms with Crippen LogP contribution in [0.3, 0.4) is 0 Å². The molecule has 1 saturated carbocycles. The summed E-state index contributed by atoms with van der Waals surface area (Å²) in [5, 5.41) is 10.8. The molecule has 1 saturated heterocycles. The fourth-order valence-electron chi connectivity index (χ4n) is 5.06. The molecule has 9 heteroatoms. The van der Waals surface area contributed by atoms with Crippen LogP contribution in [0.5, 0.6) is 0 Å². The SMILES string of the molecule is CCC(C)(C)C1CCC2(CC1)NC(=O)N(CC(=O)Nc1cnc3c(c1)c(C)nn3C)C2=O. The fourth-order valence-corrected chi connectivity index (χ4v) is 5.06. The molecule has 2 aromatic rings. The van der Waals surface area contributed by atoms with E-state index >= 15 is 0 Å². The van der Waals surface area contributed by atoms with Crippen molar-refractivity contribution in [1.29, 1.82) is 0 Å². The van der Waals surface area contributed by atoms with Gasteiger partial charge in [0, 0.05) is 12.4 Å². The molecular weight excluding hydrogens is 408 g/mol. The number of hydrogen-bond donors (Lipinski definition) is 2. The van der Waals surface area contributed by atoms with Gasteiger partial charge in [-0.2, -0.15) is 5.10 Å². The molecule has 32 heavy (non-hydrogen) atoms. The third-order valence-electron chi connectivity index (χ3n) is 7.55. The molecule has 4 rings (SSSR count). The number of fused-ring (bicyclic) bond motifs is 1. The van der Waals surface area contributed by atoms with Gasteiger partial charge < -0.3 is 10.6 Å². The summed E-state index contributed by atoms with van der Waals surface area (Å²) in [4.78, 5) is 43.8. The van der Waals surface area contributed by atoms with E-state index in [4.69, 9.17) is 0 Å². The van der Waals surface area contributed by atoms with Crippen molar-refractivity contribution in [1.82, 2.24) is 25.0 Å².